The molecule has 7 nitrogen and oxygen atoms in total. The molecule has 0 amide bonds. The summed E-state index contributed by atoms with van der Waals surface area (Å²) in [6.45, 7) is 4.36. The molecule has 3 aromatic heterocycles. The van der Waals surface area contributed by atoms with Crippen LogP contribution in [0.5, 0.6) is 0 Å². The van der Waals surface area contributed by atoms with Crippen LogP contribution in [0.25, 0.3) is 112 Å². The van der Waals surface area contributed by atoms with E-state index in [0.717, 1.165) is 66.7 Å². The van der Waals surface area contributed by atoms with Crippen LogP contribution in [0.1, 0.15) is 11.1 Å². The van der Waals surface area contributed by atoms with E-state index in [4.69, 9.17) is 29.9 Å². The lowest BCUT2D eigenvalue weighted by Crippen LogP contribution is -2.00. The minimum atomic E-state index is 0.623. The molecule has 0 bridgehead atoms. The summed E-state index contributed by atoms with van der Waals surface area (Å²) in [6, 6.07) is 66.8. The molecule has 0 aliphatic heterocycles. The second-order valence-electron chi connectivity index (χ2n) is 16.2. The van der Waals surface area contributed by atoms with Crippen molar-refractivity contribution < 1.29 is 0 Å². The van der Waals surface area contributed by atoms with Crippen molar-refractivity contribution in [1.29, 1.82) is 0 Å². The van der Waals surface area contributed by atoms with Gasteiger partial charge >= 0.3 is 0 Å². The predicted molar refractivity (Wildman–Crippen MR) is 260 cm³/mol. The van der Waals surface area contributed by atoms with Crippen molar-refractivity contribution in [2.24, 2.45) is 7.05 Å². The molecule has 0 saturated carbocycles. The van der Waals surface area contributed by atoms with Gasteiger partial charge in [-0.05, 0) is 72.5 Å². The van der Waals surface area contributed by atoms with Gasteiger partial charge in [-0.1, -0.05) is 158 Å². The number of hydrogen-bond donors (Lipinski definition) is 0. The first-order valence-corrected chi connectivity index (χ1v) is 21.4. The Hall–Kier alpha value is -8.42. The van der Waals surface area contributed by atoms with Crippen LogP contribution in [0.3, 0.4) is 0 Å². The molecular weight excluding hydrogens is 783 g/mol. The molecule has 0 saturated heterocycles. The SMILES string of the molecule is Cc1cc(-c2cccc(-c3nc(-c4ccccc4)nc(-c4ccccc4)n3)c2)c2c(c1)c1cc(C)cc(-c3cccc(-c4nc(-c5ccccc5)nc(-c5ccccc5)n4)c3)c1n2C. The van der Waals surface area contributed by atoms with Crippen LogP contribution in [0.4, 0.5) is 0 Å². The fourth-order valence-electron chi connectivity index (χ4n) is 8.77. The molecular formula is C57H41N7. The summed E-state index contributed by atoms with van der Waals surface area (Å²) < 4.78 is 2.36. The second kappa shape index (κ2) is 16.1. The minimum absolute atomic E-state index is 0.623. The molecule has 11 aromatic rings. The molecule has 3 heterocycles. The molecule has 0 N–H and O–H groups in total. The number of aryl methyl sites for hydroxylation is 3. The molecule has 0 aliphatic rings. The Kier molecular flexibility index (Phi) is 9.70. The fourth-order valence-corrected chi connectivity index (χ4v) is 8.77. The summed E-state index contributed by atoms with van der Waals surface area (Å²) in [5, 5.41) is 2.41. The number of nitrogens with zero attached hydrogens (tertiary/aromatic N) is 7. The average Bonchev–Trinajstić information content (AvgIpc) is 3.64. The van der Waals surface area contributed by atoms with Crippen molar-refractivity contribution in [3.8, 4) is 90.6 Å². The topological polar surface area (TPSA) is 82.3 Å². The first kappa shape index (κ1) is 38.5. The Morgan fingerprint density at radius 3 is 0.859 bits per heavy atom. The summed E-state index contributed by atoms with van der Waals surface area (Å²) in [6.07, 6.45) is 0. The van der Waals surface area contributed by atoms with Crippen molar-refractivity contribution in [3.63, 3.8) is 0 Å². The highest BCUT2D eigenvalue weighted by Gasteiger charge is 2.21. The third kappa shape index (κ3) is 7.19. The second-order valence-corrected chi connectivity index (χ2v) is 16.2. The van der Waals surface area contributed by atoms with Gasteiger partial charge in [0, 0.05) is 62.3 Å². The van der Waals surface area contributed by atoms with Gasteiger partial charge in [-0.15, -0.1) is 0 Å². The summed E-state index contributed by atoms with van der Waals surface area (Å²) in [4.78, 5) is 30.1. The van der Waals surface area contributed by atoms with Crippen LogP contribution in [-0.2, 0) is 7.05 Å². The summed E-state index contributed by atoms with van der Waals surface area (Å²) in [5.74, 6) is 3.79. The predicted octanol–water partition coefficient (Wildman–Crippen LogP) is 13.7. The zero-order valence-electron chi connectivity index (χ0n) is 35.6. The van der Waals surface area contributed by atoms with Crippen molar-refractivity contribution >= 4 is 21.8 Å². The van der Waals surface area contributed by atoms with Gasteiger partial charge in [-0.25, -0.2) is 29.9 Å². The van der Waals surface area contributed by atoms with Crippen LogP contribution in [0.2, 0.25) is 0 Å². The first-order chi connectivity index (χ1) is 31.4. The molecule has 0 atom stereocenters. The van der Waals surface area contributed by atoms with Crippen LogP contribution in [0.15, 0.2) is 194 Å². The monoisotopic (exact) mass is 823 g/mol. The van der Waals surface area contributed by atoms with Crippen LogP contribution in [0, 0.1) is 13.8 Å². The molecule has 11 rings (SSSR count). The fraction of sp³-hybridized carbons (Fsp3) is 0.0526. The van der Waals surface area contributed by atoms with Crippen LogP contribution in [-0.4, -0.2) is 34.5 Å². The van der Waals surface area contributed by atoms with Crippen molar-refractivity contribution in [3.05, 3.63) is 205 Å². The molecule has 64 heavy (non-hydrogen) atoms. The molecule has 0 radical (unpaired) electrons. The van der Waals surface area contributed by atoms with E-state index in [1.807, 2.05) is 121 Å². The zero-order valence-corrected chi connectivity index (χ0v) is 35.6. The van der Waals surface area contributed by atoms with Gasteiger partial charge in [-0.3, -0.25) is 0 Å². The van der Waals surface area contributed by atoms with Gasteiger partial charge in [0.2, 0.25) is 0 Å². The Labute approximate surface area is 371 Å². The maximum atomic E-state index is 5.05. The number of rotatable bonds is 8. The van der Waals surface area contributed by atoms with Crippen molar-refractivity contribution in [2.75, 3.05) is 0 Å². The lowest BCUT2D eigenvalue weighted by molar-refractivity contribution is 1.02. The molecule has 7 heteroatoms. The largest absolute Gasteiger partial charge is 0.343 e. The third-order valence-electron chi connectivity index (χ3n) is 11.7. The van der Waals surface area contributed by atoms with Gasteiger partial charge in [-0.2, -0.15) is 0 Å². The van der Waals surface area contributed by atoms with E-state index in [1.54, 1.807) is 0 Å². The van der Waals surface area contributed by atoms with Gasteiger partial charge in [0.15, 0.2) is 34.9 Å². The maximum absolute atomic E-state index is 5.05. The van der Waals surface area contributed by atoms with Gasteiger partial charge in [0.25, 0.3) is 0 Å². The molecule has 0 aliphatic carbocycles. The first-order valence-electron chi connectivity index (χ1n) is 21.4. The van der Waals surface area contributed by atoms with Crippen LogP contribution >= 0.6 is 0 Å². The lowest BCUT2D eigenvalue weighted by atomic mass is 9.96. The van der Waals surface area contributed by atoms with Crippen LogP contribution < -0.4 is 0 Å². The minimum Gasteiger partial charge on any atom is -0.343 e. The van der Waals surface area contributed by atoms with E-state index >= 15 is 0 Å². The molecule has 8 aromatic carbocycles. The van der Waals surface area contributed by atoms with Crippen molar-refractivity contribution in [1.82, 2.24) is 34.5 Å². The van der Waals surface area contributed by atoms with Gasteiger partial charge < -0.3 is 4.57 Å². The quantitative estimate of drug-likeness (QED) is 0.152. The highest BCUT2D eigenvalue weighted by molar-refractivity contribution is 6.16. The smallest absolute Gasteiger partial charge is 0.164 e. The zero-order chi connectivity index (χ0) is 43.1. The maximum Gasteiger partial charge on any atom is 0.164 e. The normalized spacial score (nSPS) is 11.4. The van der Waals surface area contributed by atoms with E-state index < -0.39 is 0 Å². The number of fused-ring (bicyclic) bond motifs is 3. The van der Waals surface area contributed by atoms with E-state index in [0.29, 0.717) is 34.9 Å². The Bertz CT molecular complexity index is 3160. The summed E-state index contributed by atoms with van der Waals surface area (Å²) in [5.41, 5.74) is 14.7. The Morgan fingerprint density at radius 1 is 0.281 bits per heavy atom. The lowest BCUT2D eigenvalue weighted by Gasteiger charge is -2.13. The highest BCUT2D eigenvalue weighted by atomic mass is 15.0. The standard InChI is InChI=1S/C57H41N7/c1-36-30-46(42-26-16-28-44(34-42)56-60-52(38-18-8-4-9-19-38)58-53(61-56)39-20-10-5-11-21-39)50-48(32-36)49-33-37(2)31-47(51(49)64(50)3)43-27-17-29-45(35-43)57-62-54(40-22-12-6-13-23-40)59-55(63-57)41-24-14-7-15-25-41/h4-35H,1-3H3. The summed E-state index contributed by atoms with van der Waals surface area (Å²) >= 11 is 0. The molecule has 0 unspecified atom stereocenters. The van der Waals surface area contributed by atoms with E-state index in [1.165, 1.54) is 21.9 Å². The number of aromatic nitrogens is 7. The third-order valence-corrected chi connectivity index (χ3v) is 11.7. The van der Waals surface area contributed by atoms with E-state index in [-0.39, 0.29) is 0 Å². The van der Waals surface area contributed by atoms with Crippen molar-refractivity contribution in [2.45, 2.75) is 13.8 Å². The van der Waals surface area contributed by atoms with Gasteiger partial charge in [0.1, 0.15) is 0 Å². The summed E-state index contributed by atoms with van der Waals surface area (Å²) in [7, 11) is 2.19. The molecule has 0 spiro atoms. The van der Waals surface area contributed by atoms with Gasteiger partial charge in [0.05, 0.1) is 11.0 Å². The molecule has 304 valence electrons. The highest BCUT2D eigenvalue weighted by Crippen LogP contribution is 2.42. The number of benzene rings is 8. The average molecular weight is 824 g/mol. The van der Waals surface area contributed by atoms with E-state index in [9.17, 15) is 0 Å². The Balaban J connectivity index is 1.05. The Morgan fingerprint density at radius 2 is 0.547 bits per heavy atom. The van der Waals surface area contributed by atoms with E-state index in [2.05, 4.69) is 98.3 Å². The molecule has 0 fully saturated rings. The number of hydrogen-bond acceptors (Lipinski definition) is 6.